The van der Waals surface area contributed by atoms with Gasteiger partial charge < -0.3 is 138 Å². The number of benzene rings is 1. The first kappa shape index (κ1) is 128. The molecule has 3 amide bonds. The number of methoxy groups -OCH3 is 4. The van der Waals surface area contributed by atoms with Crippen LogP contribution in [0.1, 0.15) is 227 Å². The van der Waals surface area contributed by atoms with E-state index >= 15 is 0 Å². The number of nitrogens with one attached hydrogen (secondary N) is 3. The molecule has 1 spiro atoms. The van der Waals surface area contributed by atoms with Gasteiger partial charge in [-0.25, -0.2) is 4.79 Å². The first-order chi connectivity index (χ1) is 71.2. The van der Waals surface area contributed by atoms with E-state index in [1.165, 1.54) is 35.2 Å². The third-order valence-electron chi connectivity index (χ3n) is 27.8. The predicted octanol–water partition coefficient (Wildman–Crippen LogP) is 8.63. The van der Waals surface area contributed by atoms with Gasteiger partial charge in [-0.1, -0.05) is 117 Å². The Balaban J connectivity index is 0.746. The number of ketones is 7. The van der Waals surface area contributed by atoms with Gasteiger partial charge in [0.15, 0.2) is 36.2 Å². The van der Waals surface area contributed by atoms with Gasteiger partial charge in [0.25, 0.3) is 0 Å². The summed E-state index contributed by atoms with van der Waals surface area (Å²) >= 11 is 2.82. The molecule has 43 heteroatoms. The standard InChI is InChI=1S/C106H165IN6O33S3/c1-17-113(60-74(117)33-27-42-134-44-46-136-48-50-138-52-51-137-49-47-135-45-43-133-41-23-19-18-20-31-73(116)32-25-34-78(118)71(30-26-40-110-104(109)127)56-79(119)89(62(2)3)111-100(125)72(54-65(7)114)29-21-22-39-108)77-61-139-84(58-83(77)129-13)144-97-92(123)90(68(10)141-103(97)143-82-35-24-28-64(6)36-38-105-76(55-66(8)115)81(121)59-106(105,128)75(87(82)105)37-53-147-149-63(4)5)112-146-85-57-80(120)99(70(12)140-85)148-101(126)86-67(9)88(107)95(98(132-16)94(86)130-14)145-102-93(124)96(131-15)91(122)69(11)142-102/h28,37,62-63,68-72,76-77,80,82-85,87,89-93,96-97,99,102-103,112,120,122-124,128H,17-23,25-27,29-34,39-61,108H2,1-16H3,(H,111,125)(H3,109,110,127)/b64-28-,75-37+/t68-,69+,70-,71-,72-,76?,77+,80+,82+,83+,84+,85+,87?,89+,90-,91+,92+,93-,96-,97-,99-,102+,103+,105?,106+/m1/s1. The minimum atomic E-state index is -1.80. The number of likely N-dealkylation sites (N-methyl/N-ethyl adjacent to an activating group) is 1. The molecular formula is C106H165IN6O33S3. The van der Waals surface area contributed by atoms with Crippen molar-refractivity contribution in [1.29, 1.82) is 0 Å². The number of Topliss-reactive ketones (excluding diaryl/α,β-unsaturated/α-hetero) is 7. The Bertz CT molecular complexity index is 4620. The molecule has 4 saturated heterocycles. The fraction of sp³-hybridized carbons (Fsp3) is 0.774. The fourth-order valence-corrected chi connectivity index (χ4v) is 23.6. The van der Waals surface area contributed by atoms with Gasteiger partial charge in [0.1, 0.15) is 76.9 Å². The minimum Gasteiger partial charge on any atom is -0.492 e. The minimum absolute atomic E-state index is 0.0102. The number of primary amides is 1. The van der Waals surface area contributed by atoms with Crippen LogP contribution < -0.4 is 41.8 Å². The van der Waals surface area contributed by atoms with E-state index in [2.05, 4.69) is 53.6 Å². The van der Waals surface area contributed by atoms with Crippen LogP contribution >= 0.6 is 55.9 Å². The molecule has 1 aromatic carbocycles. The molecule has 6 fully saturated rings. The first-order valence-electron chi connectivity index (χ1n) is 52.4. The average molecular weight is 2270 g/mol. The first-order valence-corrected chi connectivity index (χ1v) is 56.7. The van der Waals surface area contributed by atoms with Gasteiger partial charge in [-0.15, -0.1) is 0 Å². The highest BCUT2D eigenvalue weighted by Crippen LogP contribution is 2.70. The number of carbonyl (C=O) groups excluding carboxylic acids is 10. The average Bonchev–Trinajstić information content (AvgIpc) is 1.50. The Labute approximate surface area is 903 Å². The fourth-order valence-electron chi connectivity index (χ4n) is 20.0. The second-order valence-corrected chi connectivity index (χ2v) is 44.9. The highest BCUT2D eigenvalue weighted by atomic mass is 127. The number of rotatable bonds is 72. The van der Waals surface area contributed by atoms with E-state index in [-0.39, 0.29) is 158 Å². The number of aliphatic hydroxyl groups excluding tert-OH is 4. The summed E-state index contributed by atoms with van der Waals surface area (Å²) in [6, 6.07) is -3.12. The van der Waals surface area contributed by atoms with Crippen molar-refractivity contribution in [3.8, 4) is 40.9 Å². The Kier molecular flexibility index (Phi) is 56.9. The summed E-state index contributed by atoms with van der Waals surface area (Å²) in [6.45, 7) is 26.8. The summed E-state index contributed by atoms with van der Waals surface area (Å²) < 4.78 is 104. The van der Waals surface area contributed by atoms with Gasteiger partial charge in [-0.05, 0) is 159 Å². The molecule has 8 rings (SSSR count). The molecule has 25 atom stereocenters. The number of hydrogen-bond donors (Lipinski definition) is 10. The molecule has 4 aliphatic heterocycles. The Hall–Kier alpha value is -5.82. The summed E-state index contributed by atoms with van der Waals surface area (Å²) in [5.74, 6) is 8.45. The number of amides is 3. The van der Waals surface area contributed by atoms with Gasteiger partial charge in [-0.2, -0.15) is 5.48 Å². The maximum Gasteiger partial charge on any atom is 0.312 e. The quantitative estimate of drug-likeness (QED) is 0.00728. The number of halogens is 1. The SMILES string of the molecule is CCN(CC(=O)CCCOCCOCCOCCOCCOCCOCCCCCCC(=O)CCCC(=O)[C@H](CCCNC(N)=O)CC(=O)[C@@H](NC(=O)[C@H](CCCCN)CC(C)=O)C(C)C)[C@H]1CO[C@@H](O[C@H]2[C@H](O[C@H]3C#C/C=C(/C)C#CC45C(CC(C)=O)C(=O)C[C@]4(O)/C(=C/CSSC(C)C)C35)O[C@H](C)[C@@H](NO[C@H]3C[C@H](O)[C@H](SC(=O)c4c(C)c(I)c(O[C@@H]5O[C@@H](C)[C@H](O)[C@@H](OC)[C@H]5O)c(OC)c4OC)[C@@H](C)O3)[C@@H]2O)C[C@@H]1OC. The number of carbonyl (C=O) groups is 10. The van der Waals surface area contributed by atoms with E-state index in [0.29, 0.717) is 170 Å². The van der Waals surface area contributed by atoms with Crippen LogP contribution in [0.2, 0.25) is 0 Å². The third-order valence-corrected chi connectivity index (χ3v) is 33.3. The van der Waals surface area contributed by atoms with Gasteiger partial charge in [0, 0.05) is 138 Å². The number of urea groups is 1. The number of ether oxygens (including phenoxy) is 17. The summed E-state index contributed by atoms with van der Waals surface area (Å²) in [4.78, 5) is 141. The molecule has 7 aliphatic rings. The van der Waals surface area contributed by atoms with Crippen molar-refractivity contribution < 1.29 is 159 Å². The molecule has 0 aromatic heterocycles. The van der Waals surface area contributed by atoms with Crippen LogP contribution in [-0.4, -0.2) is 361 Å². The smallest absolute Gasteiger partial charge is 0.312 e. The van der Waals surface area contributed by atoms with Crippen LogP contribution in [0.4, 0.5) is 4.79 Å². The number of nitrogens with zero attached hydrogens (tertiary/aromatic N) is 1. The predicted molar refractivity (Wildman–Crippen MR) is 566 cm³/mol. The van der Waals surface area contributed by atoms with Crippen molar-refractivity contribution in [1.82, 2.24) is 21.0 Å². The Morgan fingerprint density at radius 3 is 1.91 bits per heavy atom. The lowest BCUT2D eigenvalue weighted by Crippen LogP contribution is -2.69. The molecule has 3 unspecified atom stereocenters. The van der Waals surface area contributed by atoms with Crippen molar-refractivity contribution in [2.45, 2.75) is 344 Å². The zero-order chi connectivity index (χ0) is 109. The topological polar surface area (TPSA) is 529 Å². The largest absolute Gasteiger partial charge is 0.492 e. The van der Waals surface area contributed by atoms with Crippen LogP contribution in [0.15, 0.2) is 23.3 Å². The van der Waals surface area contributed by atoms with Gasteiger partial charge >= 0.3 is 6.03 Å². The van der Waals surface area contributed by atoms with Crippen LogP contribution in [0, 0.1) is 69.2 Å². The molecule has 0 bridgehead atoms. The maximum absolute atomic E-state index is 14.7. The number of unbranched alkanes of at least 4 members (excludes halogenated alkanes) is 4. The number of thioether (sulfide) groups is 1. The summed E-state index contributed by atoms with van der Waals surface area (Å²) in [5.41, 5.74) is 12.1. The molecule has 12 N–H and O–H groups in total. The van der Waals surface area contributed by atoms with Crippen molar-refractivity contribution in [2.24, 2.45) is 46.5 Å². The second-order valence-electron chi connectivity index (χ2n) is 39.7. The molecule has 1 aromatic rings. The summed E-state index contributed by atoms with van der Waals surface area (Å²) in [6.07, 6.45) is -6.79. The number of hydroxylamine groups is 1. The summed E-state index contributed by atoms with van der Waals surface area (Å²) in [5, 5.41) is 64.2. The van der Waals surface area contributed by atoms with E-state index < -0.39 is 162 Å². The third kappa shape index (κ3) is 38.0. The van der Waals surface area contributed by atoms with Crippen LogP contribution in [-0.2, 0) is 110 Å². The lowest BCUT2D eigenvalue weighted by molar-refractivity contribution is -0.344. The Morgan fingerprint density at radius 2 is 1.30 bits per heavy atom. The zero-order valence-electron chi connectivity index (χ0n) is 89.5. The monoisotopic (exact) mass is 2270 g/mol. The lowest BCUT2D eigenvalue weighted by atomic mass is 9.44. The molecule has 0 radical (unpaired) electrons. The van der Waals surface area contributed by atoms with E-state index in [0.717, 1.165) is 37.4 Å². The molecule has 39 nitrogen and oxygen atoms in total. The van der Waals surface area contributed by atoms with Gasteiger partial charge in [0.05, 0.1) is 162 Å². The van der Waals surface area contributed by atoms with Crippen molar-refractivity contribution >= 4 is 113 Å². The Morgan fingerprint density at radius 1 is 0.671 bits per heavy atom. The van der Waals surface area contributed by atoms with E-state index in [1.807, 2.05) is 54.3 Å². The second kappa shape index (κ2) is 66.0. The van der Waals surface area contributed by atoms with Crippen LogP contribution in [0.3, 0.4) is 0 Å². The molecule has 149 heavy (non-hydrogen) atoms. The molecule has 4 heterocycles. The molecule has 842 valence electrons. The van der Waals surface area contributed by atoms with Crippen molar-refractivity contribution in [3.05, 3.63) is 38.0 Å². The highest BCUT2D eigenvalue weighted by Gasteiger charge is 2.78. The molecular weight excluding hydrogens is 2110 g/mol. The van der Waals surface area contributed by atoms with Crippen molar-refractivity contribution in [3.63, 3.8) is 0 Å². The van der Waals surface area contributed by atoms with Gasteiger partial charge in [0.2, 0.25) is 23.1 Å². The number of hydrogen-bond acceptors (Lipinski definition) is 39. The van der Waals surface area contributed by atoms with E-state index in [9.17, 15) is 73.5 Å². The summed E-state index contributed by atoms with van der Waals surface area (Å²) in [7, 11) is 8.85. The zero-order valence-corrected chi connectivity index (χ0v) is 94.1. The lowest BCUT2D eigenvalue weighted by Gasteiger charge is -2.60. The maximum atomic E-state index is 14.7. The number of allylic oxidation sites excluding steroid dienone is 2. The molecule has 2 saturated carbocycles. The van der Waals surface area contributed by atoms with Crippen LogP contribution in [0.25, 0.3) is 0 Å². The van der Waals surface area contributed by atoms with Crippen molar-refractivity contribution in [2.75, 3.05) is 146 Å². The van der Waals surface area contributed by atoms with E-state index in [1.54, 1.807) is 69.4 Å². The highest BCUT2D eigenvalue weighted by molar-refractivity contribution is 14.1. The molecule has 3 aliphatic carbocycles. The number of nitrogens with two attached hydrogens (primary N) is 2. The van der Waals surface area contributed by atoms with Crippen LogP contribution in [0.5, 0.6) is 17.2 Å². The number of aliphatic hydroxyl groups is 5. The normalized spacial score (nSPS) is 28.5. The van der Waals surface area contributed by atoms with E-state index in [4.69, 9.17) is 96.8 Å². The van der Waals surface area contributed by atoms with Gasteiger partial charge in [-0.3, -0.25) is 43.3 Å².